The largest absolute Gasteiger partial charge is 0.496 e. The van der Waals surface area contributed by atoms with Crippen molar-refractivity contribution in [2.45, 2.75) is 13.3 Å². The fraction of sp³-hybridized carbons (Fsp3) is 0.158. The normalized spacial score (nSPS) is 10.6. The van der Waals surface area contributed by atoms with Crippen molar-refractivity contribution >= 4 is 16.7 Å². The smallest absolute Gasteiger partial charge is 0.171 e. The van der Waals surface area contributed by atoms with Gasteiger partial charge in [0.25, 0.3) is 0 Å². The van der Waals surface area contributed by atoms with E-state index in [4.69, 9.17) is 4.74 Å². The molecule has 3 nitrogen and oxygen atoms in total. The second-order valence-electron chi connectivity index (χ2n) is 5.24. The number of benzene rings is 2. The van der Waals surface area contributed by atoms with Gasteiger partial charge in [-0.3, -0.25) is 9.78 Å². The quantitative estimate of drug-likeness (QED) is 0.683. The van der Waals surface area contributed by atoms with Crippen molar-refractivity contribution in [3.8, 4) is 5.75 Å². The number of pyridine rings is 1. The SMILES string of the molecule is COc1ccccc1C(=O)Cc1cccc2ccc(C)nc12. The average molecular weight is 291 g/mol. The Labute approximate surface area is 129 Å². The highest BCUT2D eigenvalue weighted by atomic mass is 16.5. The van der Waals surface area contributed by atoms with Crippen LogP contribution >= 0.6 is 0 Å². The summed E-state index contributed by atoms with van der Waals surface area (Å²) in [5.41, 5.74) is 3.39. The molecule has 110 valence electrons. The number of carbonyl (C=O) groups excluding carboxylic acids is 1. The first-order chi connectivity index (χ1) is 10.7. The van der Waals surface area contributed by atoms with Gasteiger partial charge in [0.1, 0.15) is 5.75 Å². The molecule has 0 saturated carbocycles. The topological polar surface area (TPSA) is 39.2 Å². The molecule has 0 aliphatic rings. The maximum Gasteiger partial charge on any atom is 0.171 e. The number of aromatic nitrogens is 1. The summed E-state index contributed by atoms with van der Waals surface area (Å²) in [6, 6.07) is 17.3. The zero-order chi connectivity index (χ0) is 15.5. The molecule has 0 radical (unpaired) electrons. The van der Waals surface area contributed by atoms with Crippen LogP contribution in [0.2, 0.25) is 0 Å². The molecular formula is C19H17NO2. The number of carbonyl (C=O) groups is 1. The molecular weight excluding hydrogens is 274 g/mol. The van der Waals surface area contributed by atoms with Gasteiger partial charge in [0.05, 0.1) is 18.2 Å². The van der Waals surface area contributed by atoms with Gasteiger partial charge in [-0.1, -0.05) is 36.4 Å². The number of nitrogens with zero attached hydrogens (tertiary/aromatic N) is 1. The number of fused-ring (bicyclic) bond motifs is 1. The van der Waals surface area contributed by atoms with E-state index in [-0.39, 0.29) is 5.78 Å². The molecule has 0 unspecified atom stereocenters. The molecule has 3 aromatic rings. The Balaban J connectivity index is 1.99. The molecule has 0 amide bonds. The first-order valence-corrected chi connectivity index (χ1v) is 7.20. The lowest BCUT2D eigenvalue weighted by molar-refractivity contribution is 0.0990. The van der Waals surface area contributed by atoms with Crippen molar-refractivity contribution in [1.29, 1.82) is 0 Å². The number of aryl methyl sites for hydroxylation is 1. The summed E-state index contributed by atoms with van der Waals surface area (Å²) in [6.45, 7) is 1.96. The van der Waals surface area contributed by atoms with E-state index in [2.05, 4.69) is 4.98 Å². The van der Waals surface area contributed by atoms with Gasteiger partial charge in [-0.2, -0.15) is 0 Å². The Morgan fingerprint density at radius 1 is 1.05 bits per heavy atom. The summed E-state index contributed by atoms with van der Waals surface area (Å²) in [4.78, 5) is 17.2. The van der Waals surface area contributed by atoms with Crippen molar-refractivity contribution in [3.63, 3.8) is 0 Å². The van der Waals surface area contributed by atoms with Gasteiger partial charge in [0.15, 0.2) is 5.78 Å². The van der Waals surface area contributed by atoms with Gasteiger partial charge in [-0.15, -0.1) is 0 Å². The molecule has 22 heavy (non-hydrogen) atoms. The predicted molar refractivity (Wildman–Crippen MR) is 87.5 cm³/mol. The maximum absolute atomic E-state index is 12.6. The third kappa shape index (κ3) is 2.70. The fourth-order valence-corrected chi connectivity index (χ4v) is 2.59. The maximum atomic E-state index is 12.6. The van der Waals surface area contributed by atoms with Crippen LogP contribution in [0.15, 0.2) is 54.6 Å². The van der Waals surface area contributed by atoms with Crippen LogP contribution in [-0.4, -0.2) is 17.9 Å². The highest BCUT2D eigenvalue weighted by Gasteiger charge is 2.14. The number of ketones is 1. The molecule has 1 heterocycles. The van der Waals surface area contributed by atoms with Gasteiger partial charge < -0.3 is 4.74 Å². The van der Waals surface area contributed by atoms with Crippen molar-refractivity contribution in [2.24, 2.45) is 0 Å². The minimum Gasteiger partial charge on any atom is -0.496 e. The van der Waals surface area contributed by atoms with Crippen molar-refractivity contribution in [3.05, 3.63) is 71.4 Å². The van der Waals surface area contributed by atoms with Crippen LogP contribution in [0.25, 0.3) is 10.9 Å². The third-order valence-corrected chi connectivity index (χ3v) is 3.70. The molecule has 0 atom stereocenters. The Morgan fingerprint density at radius 3 is 2.68 bits per heavy atom. The third-order valence-electron chi connectivity index (χ3n) is 3.70. The summed E-state index contributed by atoms with van der Waals surface area (Å²) in [5.74, 6) is 0.644. The lowest BCUT2D eigenvalue weighted by atomic mass is 10.00. The molecule has 3 rings (SSSR count). The Morgan fingerprint density at radius 2 is 1.86 bits per heavy atom. The van der Waals surface area contributed by atoms with Crippen molar-refractivity contribution < 1.29 is 9.53 Å². The second-order valence-corrected chi connectivity index (χ2v) is 5.24. The van der Waals surface area contributed by atoms with Gasteiger partial charge >= 0.3 is 0 Å². The van der Waals surface area contributed by atoms with E-state index in [1.165, 1.54) is 0 Å². The molecule has 0 N–H and O–H groups in total. The number of methoxy groups -OCH3 is 1. The van der Waals surface area contributed by atoms with Crippen LogP contribution in [-0.2, 0) is 6.42 Å². The Hall–Kier alpha value is -2.68. The van der Waals surface area contributed by atoms with Crippen LogP contribution in [0.4, 0.5) is 0 Å². The summed E-state index contributed by atoms with van der Waals surface area (Å²) >= 11 is 0. The first kappa shape index (κ1) is 14.3. The van der Waals surface area contributed by atoms with Gasteiger partial charge in [-0.05, 0) is 30.7 Å². The Kier molecular flexibility index (Phi) is 3.88. The summed E-state index contributed by atoms with van der Waals surface area (Å²) in [5, 5.41) is 1.05. The molecule has 0 fully saturated rings. The van der Waals surface area contributed by atoms with Crippen LogP contribution in [0.3, 0.4) is 0 Å². The number of para-hydroxylation sites is 2. The first-order valence-electron chi connectivity index (χ1n) is 7.20. The van der Waals surface area contributed by atoms with Crippen molar-refractivity contribution in [1.82, 2.24) is 4.98 Å². The molecule has 0 aliphatic heterocycles. The minimum atomic E-state index is 0.0354. The molecule has 0 aliphatic carbocycles. The highest BCUT2D eigenvalue weighted by molar-refractivity contribution is 6.01. The number of ether oxygens (including phenoxy) is 1. The molecule has 0 bridgehead atoms. The van der Waals surface area contributed by atoms with Gasteiger partial charge in [0, 0.05) is 17.5 Å². The monoisotopic (exact) mass is 291 g/mol. The van der Waals surface area contributed by atoms with E-state index in [0.29, 0.717) is 17.7 Å². The van der Waals surface area contributed by atoms with E-state index in [1.807, 2.05) is 49.4 Å². The average Bonchev–Trinajstić information content (AvgIpc) is 2.55. The summed E-state index contributed by atoms with van der Waals surface area (Å²) < 4.78 is 5.27. The van der Waals surface area contributed by atoms with Crippen LogP contribution in [0.1, 0.15) is 21.6 Å². The number of hydrogen-bond donors (Lipinski definition) is 0. The van der Waals surface area contributed by atoms with Gasteiger partial charge in [0.2, 0.25) is 0 Å². The van der Waals surface area contributed by atoms with Crippen LogP contribution in [0, 0.1) is 6.92 Å². The van der Waals surface area contributed by atoms with E-state index < -0.39 is 0 Å². The lowest BCUT2D eigenvalue weighted by Gasteiger charge is -2.09. The predicted octanol–water partition coefficient (Wildman–Crippen LogP) is 3.98. The van der Waals surface area contributed by atoms with E-state index >= 15 is 0 Å². The molecule has 3 heteroatoms. The zero-order valence-corrected chi connectivity index (χ0v) is 12.7. The van der Waals surface area contributed by atoms with E-state index in [1.54, 1.807) is 19.2 Å². The number of hydrogen-bond acceptors (Lipinski definition) is 3. The fourth-order valence-electron chi connectivity index (χ4n) is 2.59. The van der Waals surface area contributed by atoms with Crippen LogP contribution < -0.4 is 4.74 Å². The highest BCUT2D eigenvalue weighted by Crippen LogP contribution is 2.22. The molecule has 0 spiro atoms. The van der Waals surface area contributed by atoms with E-state index in [0.717, 1.165) is 22.2 Å². The lowest BCUT2D eigenvalue weighted by Crippen LogP contribution is -2.06. The number of Topliss-reactive ketones (excluding diaryl/α,β-unsaturated/α-hetero) is 1. The summed E-state index contributed by atoms with van der Waals surface area (Å²) in [6.07, 6.45) is 0.314. The molecule has 1 aromatic heterocycles. The zero-order valence-electron chi connectivity index (χ0n) is 12.7. The Bertz CT molecular complexity index is 840. The van der Waals surface area contributed by atoms with Crippen LogP contribution in [0.5, 0.6) is 5.75 Å². The molecule has 0 saturated heterocycles. The summed E-state index contributed by atoms with van der Waals surface area (Å²) in [7, 11) is 1.58. The minimum absolute atomic E-state index is 0.0354. The van der Waals surface area contributed by atoms with Gasteiger partial charge in [-0.25, -0.2) is 0 Å². The van der Waals surface area contributed by atoms with Crippen molar-refractivity contribution in [2.75, 3.05) is 7.11 Å². The standard InChI is InChI=1S/C19H17NO2/c1-13-10-11-14-6-5-7-15(19(14)20-13)12-17(21)16-8-3-4-9-18(16)22-2/h3-11H,12H2,1-2H3. The second kappa shape index (κ2) is 5.98. The van der Waals surface area contributed by atoms with E-state index in [9.17, 15) is 4.79 Å². The molecule has 2 aromatic carbocycles. The number of rotatable bonds is 4.